The lowest BCUT2D eigenvalue weighted by atomic mass is 10.3. The Morgan fingerprint density at radius 1 is 1.21 bits per heavy atom. The molecule has 0 saturated heterocycles. The number of hydrogen-bond donors (Lipinski definition) is 1. The van der Waals surface area contributed by atoms with Gasteiger partial charge in [-0.1, -0.05) is 23.7 Å². The van der Waals surface area contributed by atoms with Crippen LogP contribution in [0.4, 0.5) is 10.1 Å². The Labute approximate surface area is 124 Å². The predicted molar refractivity (Wildman–Crippen MR) is 79.5 cm³/mol. The zero-order chi connectivity index (χ0) is 13.7. The van der Waals surface area contributed by atoms with Gasteiger partial charge in [-0.25, -0.2) is 4.39 Å². The van der Waals surface area contributed by atoms with Crippen molar-refractivity contribution in [3.8, 4) is 5.75 Å². The highest BCUT2D eigenvalue weighted by Crippen LogP contribution is 2.25. The third kappa shape index (κ3) is 4.11. The molecule has 19 heavy (non-hydrogen) atoms. The number of rotatable bonds is 5. The van der Waals surface area contributed by atoms with Crippen LogP contribution >= 0.6 is 27.5 Å². The van der Waals surface area contributed by atoms with Crippen molar-refractivity contribution >= 4 is 33.2 Å². The Bertz CT molecular complexity index is 565. The summed E-state index contributed by atoms with van der Waals surface area (Å²) in [6, 6.07) is 11.9. The van der Waals surface area contributed by atoms with Crippen LogP contribution in [0.5, 0.6) is 5.75 Å². The molecule has 5 heteroatoms. The smallest absolute Gasteiger partial charge is 0.138 e. The van der Waals surface area contributed by atoms with Gasteiger partial charge in [-0.2, -0.15) is 0 Å². The maximum Gasteiger partial charge on any atom is 0.138 e. The SMILES string of the molecule is Fc1ccc(OCCNc2ccccc2Br)c(Cl)c1. The fraction of sp³-hybridized carbons (Fsp3) is 0.143. The Morgan fingerprint density at radius 3 is 2.74 bits per heavy atom. The minimum absolute atomic E-state index is 0.279. The number of hydrogen-bond acceptors (Lipinski definition) is 2. The fourth-order valence-corrected chi connectivity index (χ4v) is 2.19. The molecule has 0 saturated carbocycles. The predicted octanol–water partition coefficient (Wildman–Crippen LogP) is 4.73. The monoisotopic (exact) mass is 343 g/mol. The highest BCUT2D eigenvalue weighted by molar-refractivity contribution is 9.10. The van der Waals surface area contributed by atoms with Crippen LogP contribution in [-0.4, -0.2) is 13.2 Å². The number of anilines is 1. The molecule has 1 N–H and O–H groups in total. The van der Waals surface area contributed by atoms with Crippen molar-refractivity contribution in [2.24, 2.45) is 0 Å². The molecule has 0 atom stereocenters. The average Bonchev–Trinajstić information content (AvgIpc) is 2.38. The molecule has 0 aromatic heterocycles. The van der Waals surface area contributed by atoms with E-state index >= 15 is 0 Å². The Morgan fingerprint density at radius 2 is 2.00 bits per heavy atom. The van der Waals surface area contributed by atoms with Gasteiger partial charge in [0.1, 0.15) is 18.2 Å². The molecule has 0 fully saturated rings. The van der Waals surface area contributed by atoms with Crippen molar-refractivity contribution in [1.29, 1.82) is 0 Å². The first-order chi connectivity index (χ1) is 9.16. The molecule has 2 nitrogen and oxygen atoms in total. The fourth-order valence-electron chi connectivity index (χ4n) is 1.54. The van der Waals surface area contributed by atoms with Gasteiger partial charge in [0.25, 0.3) is 0 Å². The van der Waals surface area contributed by atoms with Crippen molar-refractivity contribution in [3.05, 3.63) is 57.8 Å². The molecule has 0 radical (unpaired) electrons. The van der Waals surface area contributed by atoms with Gasteiger partial charge in [0.15, 0.2) is 0 Å². The summed E-state index contributed by atoms with van der Waals surface area (Å²) in [5.41, 5.74) is 0.997. The summed E-state index contributed by atoms with van der Waals surface area (Å²) in [4.78, 5) is 0. The second-order valence-electron chi connectivity index (χ2n) is 3.83. The number of nitrogens with one attached hydrogen (secondary N) is 1. The van der Waals surface area contributed by atoms with Crippen LogP contribution in [0.1, 0.15) is 0 Å². The second-order valence-corrected chi connectivity index (χ2v) is 5.09. The molecule has 2 rings (SSSR count). The Balaban J connectivity index is 1.83. The van der Waals surface area contributed by atoms with Gasteiger partial charge < -0.3 is 10.1 Å². The summed E-state index contributed by atoms with van der Waals surface area (Å²) in [7, 11) is 0. The van der Waals surface area contributed by atoms with Crippen molar-refractivity contribution in [2.45, 2.75) is 0 Å². The maximum atomic E-state index is 12.8. The van der Waals surface area contributed by atoms with Gasteiger partial charge in [-0.15, -0.1) is 0 Å². The van der Waals surface area contributed by atoms with Crippen molar-refractivity contribution in [3.63, 3.8) is 0 Å². The first-order valence-electron chi connectivity index (χ1n) is 5.73. The van der Waals surface area contributed by atoms with E-state index < -0.39 is 0 Å². The van der Waals surface area contributed by atoms with Gasteiger partial charge in [-0.3, -0.25) is 0 Å². The van der Waals surface area contributed by atoms with E-state index in [1.165, 1.54) is 18.2 Å². The summed E-state index contributed by atoms with van der Waals surface area (Å²) in [6.07, 6.45) is 0. The van der Waals surface area contributed by atoms with E-state index in [1.54, 1.807) is 0 Å². The minimum atomic E-state index is -0.372. The maximum absolute atomic E-state index is 12.8. The Kier molecular flexibility index (Phi) is 5.05. The molecular weight excluding hydrogens is 333 g/mol. The topological polar surface area (TPSA) is 21.3 Å². The number of ether oxygens (including phenoxy) is 1. The molecule has 0 heterocycles. The van der Waals surface area contributed by atoms with E-state index in [0.717, 1.165) is 10.2 Å². The average molecular weight is 345 g/mol. The zero-order valence-corrected chi connectivity index (χ0v) is 12.3. The number of halogens is 3. The molecule has 0 bridgehead atoms. The molecule has 0 unspecified atom stereocenters. The normalized spacial score (nSPS) is 10.3. The highest BCUT2D eigenvalue weighted by atomic mass is 79.9. The van der Waals surface area contributed by atoms with Crippen molar-refractivity contribution in [2.75, 3.05) is 18.5 Å². The minimum Gasteiger partial charge on any atom is -0.490 e. The molecule has 0 aliphatic heterocycles. The van der Waals surface area contributed by atoms with Gasteiger partial charge in [-0.05, 0) is 46.3 Å². The molecule has 2 aromatic rings. The Hall–Kier alpha value is -1.26. The summed E-state index contributed by atoms with van der Waals surface area (Å²) < 4.78 is 19.3. The van der Waals surface area contributed by atoms with E-state index in [9.17, 15) is 4.39 Å². The molecule has 2 aromatic carbocycles. The molecule has 0 aliphatic rings. The summed E-state index contributed by atoms with van der Waals surface area (Å²) in [5, 5.41) is 3.50. The van der Waals surface area contributed by atoms with E-state index in [1.807, 2.05) is 24.3 Å². The molecule has 0 amide bonds. The number of para-hydroxylation sites is 1. The first-order valence-corrected chi connectivity index (χ1v) is 6.90. The van der Waals surface area contributed by atoms with Crippen LogP contribution in [0.2, 0.25) is 5.02 Å². The third-order valence-electron chi connectivity index (χ3n) is 2.44. The lowest BCUT2D eigenvalue weighted by Crippen LogP contribution is -2.11. The lowest BCUT2D eigenvalue weighted by molar-refractivity contribution is 0.332. The zero-order valence-electron chi connectivity index (χ0n) is 10.00. The van der Waals surface area contributed by atoms with E-state index in [2.05, 4.69) is 21.2 Å². The molecular formula is C14H12BrClFNO. The van der Waals surface area contributed by atoms with Gasteiger partial charge in [0.2, 0.25) is 0 Å². The third-order valence-corrected chi connectivity index (χ3v) is 3.43. The summed E-state index contributed by atoms with van der Waals surface area (Å²) in [5.74, 6) is 0.112. The standard InChI is InChI=1S/C14H12BrClFNO/c15-11-3-1-2-4-13(11)18-7-8-19-14-6-5-10(17)9-12(14)16/h1-6,9,18H,7-8H2. The summed E-state index contributed by atoms with van der Waals surface area (Å²) in [6.45, 7) is 1.06. The number of benzene rings is 2. The van der Waals surface area contributed by atoms with E-state index in [-0.39, 0.29) is 10.8 Å². The van der Waals surface area contributed by atoms with Gasteiger partial charge >= 0.3 is 0 Å². The first kappa shape index (κ1) is 14.2. The molecule has 0 aliphatic carbocycles. The highest BCUT2D eigenvalue weighted by Gasteiger charge is 2.03. The van der Waals surface area contributed by atoms with Gasteiger partial charge in [0, 0.05) is 16.7 Å². The van der Waals surface area contributed by atoms with Crippen molar-refractivity contribution in [1.82, 2.24) is 0 Å². The van der Waals surface area contributed by atoms with Crippen LogP contribution in [-0.2, 0) is 0 Å². The van der Waals surface area contributed by atoms with Crippen LogP contribution in [0.15, 0.2) is 46.9 Å². The van der Waals surface area contributed by atoms with Crippen LogP contribution in [0.3, 0.4) is 0 Å². The van der Waals surface area contributed by atoms with E-state index in [0.29, 0.717) is 18.9 Å². The van der Waals surface area contributed by atoms with E-state index in [4.69, 9.17) is 16.3 Å². The largest absolute Gasteiger partial charge is 0.490 e. The lowest BCUT2D eigenvalue weighted by Gasteiger charge is -2.10. The summed E-state index contributed by atoms with van der Waals surface area (Å²) >= 11 is 9.30. The van der Waals surface area contributed by atoms with Crippen LogP contribution in [0.25, 0.3) is 0 Å². The second kappa shape index (κ2) is 6.78. The molecule has 100 valence electrons. The van der Waals surface area contributed by atoms with Crippen LogP contribution < -0.4 is 10.1 Å². The quantitative estimate of drug-likeness (QED) is 0.792. The molecule has 0 spiro atoms. The van der Waals surface area contributed by atoms with Gasteiger partial charge in [0.05, 0.1) is 5.02 Å². The van der Waals surface area contributed by atoms with Crippen molar-refractivity contribution < 1.29 is 9.13 Å². The van der Waals surface area contributed by atoms with Crippen LogP contribution in [0, 0.1) is 5.82 Å².